The maximum Gasteiger partial charge on any atom is 0.275 e. The summed E-state index contributed by atoms with van der Waals surface area (Å²) in [5.74, 6) is 0. The molecule has 2 aromatic carbocycles. The largest absolute Gasteiger partial charge is 0.316 e. The predicted molar refractivity (Wildman–Crippen MR) is 116 cm³/mol. The number of benzene rings is 2. The zero-order chi connectivity index (χ0) is 20.9. The van der Waals surface area contributed by atoms with Crippen LogP contribution in [0, 0.1) is 20.8 Å². The monoisotopic (exact) mass is 406 g/mol. The lowest BCUT2D eigenvalue weighted by atomic mass is 9.96. The van der Waals surface area contributed by atoms with Gasteiger partial charge in [-0.3, -0.25) is 4.79 Å². The molecule has 29 heavy (non-hydrogen) atoms. The van der Waals surface area contributed by atoms with E-state index in [2.05, 4.69) is 0 Å². The highest BCUT2D eigenvalue weighted by Crippen LogP contribution is 2.32. The molecule has 5 nitrogen and oxygen atoms in total. The molecule has 0 amide bonds. The third-order valence-electron chi connectivity index (χ3n) is 5.46. The summed E-state index contributed by atoms with van der Waals surface area (Å²) in [6, 6.07) is 14.3. The van der Waals surface area contributed by atoms with Crippen molar-refractivity contribution in [3.63, 3.8) is 0 Å². The summed E-state index contributed by atoms with van der Waals surface area (Å²) >= 11 is 0. The van der Waals surface area contributed by atoms with Gasteiger partial charge in [-0.15, -0.1) is 0 Å². The van der Waals surface area contributed by atoms with Crippen LogP contribution in [0.1, 0.15) is 16.7 Å². The van der Waals surface area contributed by atoms with Crippen LogP contribution < -0.4 is 5.56 Å². The Morgan fingerprint density at radius 2 is 1.55 bits per heavy atom. The Hall–Kier alpha value is -3.12. The third-order valence-corrected chi connectivity index (χ3v) is 7.15. The Kier molecular flexibility index (Phi) is 4.46. The van der Waals surface area contributed by atoms with Gasteiger partial charge in [-0.1, -0.05) is 35.9 Å². The standard InChI is InChI=1S/C23H22N2O3S/c1-15-8-10-18(11-9-15)29(27,28)25-13-12-20-21(14-24(4)23(26)22(20)25)19-7-5-6-16(2)17(19)3/h5-14H,1-4H3. The lowest BCUT2D eigenvalue weighted by Gasteiger charge is -2.13. The number of aromatic nitrogens is 2. The normalized spacial score (nSPS) is 11.9. The zero-order valence-corrected chi connectivity index (χ0v) is 17.6. The van der Waals surface area contributed by atoms with E-state index in [1.54, 1.807) is 43.6 Å². The smallest absolute Gasteiger partial charge is 0.275 e. The van der Waals surface area contributed by atoms with E-state index in [4.69, 9.17) is 0 Å². The van der Waals surface area contributed by atoms with E-state index in [-0.39, 0.29) is 16.0 Å². The number of hydrogen-bond donors (Lipinski definition) is 0. The minimum Gasteiger partial charge on any atom is -0.316 e. The van der Waals surface area contributed by atoms with Gasteiger partial charge in [0.05, 0.1) is 4.90 Å². The zero-order valence-electron chi connectivity index (χ0n) is 16.8. The first kappa shape index (κ1) is 19.2. The summed E-state index contributed by atoms with van der Waals surface area (Å²) < 4.78 is 29.1. The second-order valence-electron chi connectivity index (χ2n) is 7.40. The molecule has 0 radical (unpaired) electrons. The van der Waals surface area contributed by atoms with Crippen LogP contribution in [0.25, 0.3) is 22.0 Å². The van der Waals surface area contributed by atoms with Crippen molar-refractivity contribution in [2.75, 3.05) is 0 Å². The second kappa shape index (κ2) is 6.74. The molecule has 0 bridgehead atoms. The van der Waals surface area contributed by atoms with Crippen LogP contribution in [0.3, 0.4) is 0 Å². The van der Waals surface area contributed by atoms with E-state index < -0.39 is 10.0 Å². The summed E-state index contributed by atoms with van der Waals surface area (Å²) in [6.45, 7) is 5.96. The number of hydrogen-bond acceptors (Lipinski definition) is 3. The van der Waals surface area contributed by atoms with Crippen molar-refractivity contribution in [2.24, 2.45) is 7.05 Å². The highest BCUT2D eigenvalue weighted by Gasteiger charge is 2.23. The summed E-state index contributed by atoms with van der Waals surface area (Å²) in [4.78, 5) is 13.1. The van der Waals surface area contributed by atoms with E-state index in [1.165, 1.54) is 10.8 Å². The molecule has 4 rings (SSSR count). The molecule has 6 heteroatoms. The summed E-state index contributed by atoms with van der Waals surface area (Å²) in [5, 5.41) is 0.623. The quantitative estimate of drug-likeness (QED) is 0.513. The Balaban J connectivity index is 2.05. The molecule has 0 spiro atoms. The van der Waals surface area contributed by atoms with Gasteiger partial charge in [-0.05, 0) is 55.7 Å². The van der Waals surface area contributed by atoms with Gasteiger partial charge in [0, 0.05) is 30.4 Å². The van der Waals surface area contributed by atoms with Crippen molar-refractivity contribution in [1.29, 1.82) is 0 Å². The third kappa shape index (κ3) is 3.00. The highest BCUT2D eigenvalue weighted by molar-refractivity contribution is 7.90. The van der Waals surface area contributed by atoms with Gasteiger partial charge in [0.1, 0.15) is 5.52 Å². The van der Waals surface area contributed by atoms with Crippen LogP contribution in [-0.2, 0) is 17.1 Å². The maximum absolute atomic E-state index is 13.3. The number of rotatable bonds is 3. The molecule has 0 fully saturated rings. The molecular weight excluding hydrogens is 384 g/mol. The Morgan fingerprint density at radius 1 is 0.862 bits per heavy atom. The van der Waals surface area contributed by atoms with Crippen LogP contribution in [-0.4, -0.2) is 17.0 Å². The fourth-order valence-electron chi connectivity index (χ4n) is 3.61. The van der Waals surface area contributed by atoms with Gasteiger partial charge >= 0.3 is 0 Å². The molecule has 0 atom stereocenters. The van der Waals surface area contributed by atoms with E-state index in [9.17, 15) is 13.2 Å². The number of nitrogens with zero attached hydrogens (tertiary/aromatic N) is 2. The van der Waals surface area contributed by atoms with Gasteiger partial charge in [0.25, 0.3) is 15.6 Å². The predicted octanol–water partition coefficient (Wildman–Crippen LogP) is 4.17. The van der Waals surface area contributed by atoms with Gasteiger partial charge < -0.3 is 4.57 Å². The minimum atomic E-state index is -3.89. The summed E-state index contributed by atoms with van der Waals surface area (Å²) in [7, 11) is -2.25. The Labute approximate surface area is 169 Å². The molecule has 2 aromatic heterocycles. The van der Waals surface area contributed by atoms with Crippen molar-refractivity contribution in [2.45, 2.75) is 25.7 Å². The van der Waals surface area contributed by atoms with Crippen LogP contribution in [0.4, 0.5) is 0 Å². The second-order valence-corrected chi connectivity index (χ2v) is 9.21. The van der Waals surface area contributed by atoms with Gasteiger partial charge in [0.2, 0.25) is 0 Å². The summed E-state index contributed by atoms with van der Waals surface area (Å²) in [6.07, 6.45) is 3.24. The highest BCUT2D eigenvalue weighted by atomic mass is 32.2. The van der Waals surface area contributed by atoms with Crippen molar-refractivity contribution in [3.05, 3.63) is 88.0 Å². The molecule has 0 saturated carbocycles. The molecule has 2 heterocycles. The average Bonchev–Trinajstić information content (AvgIpc) is 3.14. The molecule has 148 valence electrons. The van der Waals surface area contributed by atoms with Crippen LogP contribution in [0.15, 0.2) is 70.6 Å². The van der Waals surface area contributed by atoms with Gasteiger partial charge in [-0.25, -0.2) is 12.4 Å². The Bertz CT molecular complexity index is 1410. The van der Waals surface area contributed by atoms with Crippen LogP contribution >= 0.6 is 0 Å². The Morgan fingerprint density at radius 3 is 2.24 bits per heavy atom. The SMILES string of the molecule is Cc1ccc(S(=O)(=O)n2ccc3c(-c4cccc(C)c4C)cn(C)c(=O)c32)cc1. The molecule has 4 aromatic rings. The topological polar surface area (TPSA) is 61.1 Å². The molecule has 0 aliphatic carbocycles. The minimum absolute atomic E-state index is 0.153. The molecule has 0 aliphatic rings. The molecule has 0 unspecified atom stereocenters. The molecule has 0 saturated heterocycles. The molecule has 0 aliphatic heterocycles. The maximum atomic E-state index is 13.3. The first-order valence-electron chi connectivity index (χ1n) is 9.31. The van der Waals surface area contributed by atoms with E-state index >= 15 is 0 Å². The molecular formula is C23H22N2O3S. The van der Waals surface area contributed by atoms with Crippen LogP contribution in [0.2, 0.25) is 0 Å². The average molecular weight is 407 g/mol. The van der Waals surface area contributed by atoms with E-state index in [1.807, 2.05) is 39.0 Å². The molecule has 0 N–H and O–H groups in total. The van der Waals surface area contributed by atoms with Crippen molar-refractivity contribution in [3.8, 4) is 11.1 Å². The van der Waals surface area contributed by atoms with E-state index in [0.717, 1.165) is 31.8 Å². The van der Waals surface area contributed by atoms with Gasteiger partial charge in [0.15, 0.2) is 0 Å². The number of aryl methyl sites for hydroxylation is 3. The first-order valence-corrected chi connectivity index (χ1v) is 10.8. The van der Waals surface area contributed by atoms with Crippen molar-refractivity contribution < 1.29 is 8.42 Å². The van der Waals surface area contributed by atoms with Crippen molar-refractivity contribution >= 4 is 20.9 Å². The first-order chi connectivity index (χ1) is 13.7. The van der Waals surface area contributed by atoms with Crippen molar-refractivity contribution in [1.82, 2.24) is 8.54 Å². The summed E-state index contributed by atoms with van der Waals surface area (Å²) in [5.41, 5.74) is 4.82. The van der Waals surface area contributed by atoms with E-state index in [0.29, 0.717) is 5.39 Å². The van der Waals surface area contributed by atoms with Gasteiger partial charge in [-0.2, -0.15) is 0 Å². The fourth-order valence-corrected chi connectivity index (χ4v) is 4.96. The number of fused-ring (bicyclic) bond motifs is 1. The lowest BCUT2D eigenvalue weighted by Crippen LogP contribution is -2.22. The van der Waals surface area contributed by atoms with Crippen LogP contribution in [0.5, 0.6) is 0 Å². The lowest BCUT2D eigenvalue weighted by molar-refractivity contribution is 0.589. The fraction of sp³-hybridized carbons (Fsp3) is 0.174. The number of pyridine rings is 1.